The number of aromatic hydroxyl groups is 1. The van der Waals surface area contributed by atoms with Crippen LogP contribution >= 0.6 is 25.3 Å². The molecule has 0 aromatic heterocycles. The molecule has 0 aliphatic heterocycles. The van der Waals surface area contributed by atoms with Crippen molar-refractivity contribution >= 4 is 74.5 Å². The van der Waals surface area contributed by atoms with Crippen molar-refractivity contribution in [3.05, 3.63) is 54.6 Å². The average molecular weight is 627 g/mol. The predicted octanol–water partition coefficient (Wildman–Crippen LogP) is 7.58. The van der Waals surface area contributed by atoms with Crippen LogP contribution in [-0.4, -0.2) is 45.1 Å². The van der Waals surface area contributed by atoms with Crippen molar-refractivity contribution < 1.29 is 23.0 Å². The molecule has 0 spiro atoms. The molecule has 11 nitrogen and oxygen atoms in total. The van der Waals surface area contributed by atoms with E-state index in [9.17, 15) is 13.5 Å². The number of sulfonamides is 1. The molecule has 3 N–H and O–H groups in total. The molecule has 14 heteroatoms. The van der Waals surface area contributed by atoms with Crippen molar-refractivity contribution in [1.29, 1.82) is 0 Å². The Morgan fingerprint density at radius 2 is 1.43 bits per heavy atom. The summed E-state index contributed by atoms with van der Waals surface area (Å²) in [6, 6.07) is 14.4. The molecular weight excluding hydrogens is 597 g/mol. The van der Waals surface area contributed by atoms with Gasteiger partial charge >= 0.3 is 0 Å². The number of rotatable bonds is 10. The molecule has 0 radical (unpaired) electrons. The Kier molecular flexibility index (Phi) is 9.61. The Morgan fingerprint density at radius 1 is 0.857 bits per heavy atom. The van der Waals surface area contributed by atoms with E-state index in [0.29, 0.717) is 67.9 Å². The van der Waals surface area contributed by atoms with E-state index in [-0.39, 0.29) is 16.3 Å². The average Bonchev–Trinajstić information content (AvgIpc) is 2.96. The minimum Gasteiger partial charge on any atom is -0.505 e. The summed E-state index contributed by atoms with van der Waals surface area (Å²) in [6.07, 6.45) is 0. The fourth-order valence-corrected chi connectivity index (χ4v) is 6.27. The van der Waals surface area contributed by atoms with Gasteiger partial charge in [-0.2, -0.15) is 9.42 Å². The zero-order valence-corrected chi connectivity index (χ0v) is 25.9. The largest absolute Gasteiger partial charge is 0.505 e. The monoisotopic (exact) mass is 626 g/mol. The lowest BCUT2D eigenvalue weighted by molar-refractivity contribution is 0.405. The molecule has 0 amide bonds. The number of hydrogen-bond acceptors (Lipinski definition) is 12. The second kappa shape index (κ2) is 13.0. The Labute approximate surface area is 255 Å². The third-order valence-corrected chi connectivity index (χ3v) is 9.03. The standard InChI is InChI=1S/C28H30N6O5S3/c1-5-34(6-2)42(36,37)19-9-7-17(8-10-19)30-31-21-14-24(39-4)22(15-23(21)38-3)32-33-27-25(41)12-16-11-18(40)13-20(29)26(16)28(27)35/h7-15,35,40-41H,5-6,29H2,1-4H3/b31-30+,33-32+. The molecule has 220 valence electrons. The summed E-state index contributed by atoms with van der Waals surface area (Å²) in [4.78, 5) is 1.21. The first kappa shape index (κ1) is 31.1. The number of benzene rings is 4. The number of hydrogen-bond donors (Lipinski definition) is 4. The van der Waals surface area contributed by atoms with E-state index in [2.05, 4.69) is 45.7 Å². The topological polar surface area (TPSA) is 152 Å². The Bertz CT molecular complexity index is 1790. The second-order valence-corrected chi connectivity index (χ2v) is 11.8. The van der Waals surface area contributed by atoms with Gasteiger partial charge in [-0.15, -0.1) is 40.6 Å². The first-order valence-electron chi connectivity index (χ1n) is 12.7. The van der Waals surface area contributed by atoms with Crippen LogP contribution in [0, 0.1) is 0 Å². The summed E-state index contributed by atoms with van der Waals surface area (Å²) in [6.45, 7) is 4.33. The van der Waals surface area contributed by atoms with Gasteiger partial charge < -0.3 is 20.3 Å². The molecule has 0 heterocycles. The number of azo groups is 2. The third-order valence-electron chi connectivity index (χ3n) is 6.37. The summed E-state index contributed by atoms with van der Waals surface area (Å²) >= 11 is 8.80. The molecule has 42 heavy (non-hydrogen) atoms. The van der Waals surface area contributed by atoms with Crippen molar-refractivity contribution in [2.24, 2.45) is 20.5 Å². The Balaban J connectivity index is 1.65. The summed E-state index contributed by atoms with van der Waals surface area (Å²) in [5.41, 5.74) is 7.66. The van der Waals surface area contributed by atoms with Gasteiger partial charge in [-0.05, 0) is 47.9 Å². The van der Waals surface area contributed by atoms with E-state index in [0.717, 1.165) is 0 Å². The van der Waals surface area contributed by atoms with E-state index in [1.165, 1.54) is 30.7 Å². The van der Waals surface area contributed by atoms with E-state index < -0.39 is 10.0 Å². The number of nitrogen functional groups attached to an aromatic ring is 1. The van der Waals surface area contributed by atoms with Crippen molar-refractivity contribution in [3.8, 4) is 17.2 Å². The van der Waals surface area contributed by atoms with Gasteiger partial charge in [-0.25, -0.2) is 8.42 Å². The van der Waals surface area contributed by atoms with Crippen LogP contribution in [0.2, 0.25) is 0 Å². The minimum absolute atomic E-state index is 0.126. The van der Waals surface area contributed by atoms with Gasteiger partial charge in [0.05, 0.1) is 24.8 Å². The Hall–Kier alpha value is -3.85. The molecule has 0 aliphatic rings. The normalized spacial score (nSPS) is 12.2. The molecule has 4 aromatic carbocycles. The Morgan fingerprint density at radius 3 is 1.98 bits per heavy atom. The highest BCUT2D eigenvalue weighted by Crippen LogP contribution is 2.45. The number of nitrogens with two attached hydrogens (primary N) is 1. The minimum atomic E-state index is -3.58. The SMILES string of the molecule is CCN(CC)S(=O)(=O)c1ccc(/N=N/c2cc(OC)c(/N=N/c3c(S)cc4cc(S)cc(N)c4c3O)cc2OC)cc1. The van der Waals surface area contributed by atoms with Gasteiger partial charge in [-0.3, -0.25) is 0 Å². The van der Waals surface area contributed by atoms with Crippen molar-refractivity contribution in [3.63, 3.8) is 0 Å². The lowest BCUT2D eigenvalue weighted by Gasteiger charge is -2.18. The highest BCUT2D eigenvalue weighted by Gasteiger charge is 2.21. The maximum atomic E-state index is 12.7. The van der Waals surface area contributed by atoms with Crippen LogP contribution in [0.1, 0.15) is 13.8 Å². The lowest BCUT2D eigenvalue weighted by Crippen LogP contribution is -2.30. The number of nitrogens with zero attached hydrogens (tertiary/aromatic N) is 5. The lowest BCUT2D eigenvalue weighted by atomic mass is 10.1. The molecule has 0 bridgehead atoms. The first-order valence-corrected chi connectivity index (χ1v) is 15.0. The zero-order valence-electron chi connectivity index (χ0n) is 23.3. The van der Waals surface area contributed by atoms with Gasteiger partial charge in [0.15, 0.2) is 5.75 Å². The summed E-state index contributed by atoms with van der Waals surface area (Å²) < 4.78 is 37.8. The highest BCUT2D eigenvalue weighted by atomic mass is 32.2. The second-order valence-electron chi connectivity index (χ2n) is 8.91. The summed E-state index contributed by atoms with van der Waals surface area (Å²) in [5.74, 6) is 0.474. The van der Waals surface area contributed by atoms with E-state index in [1.807, 2.05) is 0 Å². The van der Waals surface area contributed by atoms with E-state index in [4.69, 9.17) is 15.2 Å². The molecular formula is C28H30N6O5S3. The van der Waals surface area contributed by atoms with Gasteiger partial charge in [0, 0.05) is 46.1 Å². The van der Waals surface area contributed by atoms with Crippen LogP contribution in [0.25, 0.3) is 10.8 Å². The molecule has 0 aliphatic carbocycles. The number of fused-ring (bicyclic) bond motifs is 1. The summed E-state index contributed by atoms with van der Waals surface area (Å²) in [7, 11) is -0.651. The van der Waals surface area contributed by atoms with Crippen LogP contribution in [0.15, 0.2) is 89.7 Å². The molecule has 4 rings (SSSR count). The molecule has 0 saturated carbocycles. The maximum Gasteiger partial charge on any atom is 0.243 e. The first-order chi connectivity index (χ1) is 20.0. The fourth-order valence-electron chi connectivity index (χ4n) is 4.25. The van der Waals surface area contributed by atoms with Gasteiger partial charge in [0.25, 0.3) is 0 Å². The van der Waals surface area contributed by atoms with Crippen molar-refractivity contribution in [2.45, 2.75) is 28.5 Å². The van der Waals surface area contributed by atoms with Crippen LogP contribution in [-0.2, 0) is 10.0 Å². The fraction of sp³-hybridized carbons (Fsp3) is 0.214. The predicted molar refractivity (Wildman–Crippen MR) is 169 cm³/mol. The molecule has 0 saturated heterocycles. The maximum absolute atomic E-state index is 12.7. The number of phenols is 1. The van der Waals surface area contributed by atoms with Gasteiger partial charge in [0.1, 0.15) is 28.6 Å². The van der Waals surface area contributed by atoms with E-state index in [1.54, 1.807) is 56.3 Å². The molecule has 0 fully saturated rings. The zero-order chi connectivity index (χ0) is 30.6. The van der Waals surface area contributed by atoms with Crippen LogP contribution in [0.3, 0.4) is 0 Å². The smallest absolute Gasteiger partial charge is 0.243 e. The highest BCUT2D eigenvalue weighted by molar-refractivity contribution is 7.89. The number of anilines is 1. The van der Waals surface area contributed by atoms with Gasteiger partial charge in [0.2, 0.25) is 10.0 Å². The van der Waals surface area contributed by atoms with Gasteiger partial charge in [-0.1, -0.05) is 13.8 Å². The molecule has 4 aromatic rings. The number of phenolic OH excluding ortho intramolecular Hbond substituents is 1. The number of ether oxygens (including phenoxy) is 2. The van der Waals surface area contributed by atoms with Crippen LogP contribution < -0.4 is 15.2 Å². The number of methoxy groups -OCH3 is 2. The number of thiol groups is 2. The van der Waals surface area contributed by atoms with Crippen LogP contribution in [0.4, 0.5) is 28.4 Å². The summed E-state index contributed by atoms with van der Waals surface area (Å²) in [5, 5.41) is 29.0. The van der Waals surface area contributed by atoms with Crippen molar-refractivity contribution in [1.82, 2.24) is 4.31 Å². The van der Waals surface area contributed by atoms with Crippen LogP contribution in [0.5, 0.6) is 17.2 Å². The van der Waals surface area contributed by atoms with E-state index >= 15 is 0 Å². The quantitative estimate of drug-likeness (QED) is 0.0809. The molecule has 0 unspecified atom stereocenters. The van der Waals surface area contributed by atoms with Crippen molar-refractivity contribution in [2.75, 3.05) is 33.0 Å². The third kappa shape index (κ3) is 6.31. The molecule has 0 atom stereocenters.